The lowest BCUT2D eigenvalue weighted by atomic mass is 10.0. The fraction of sp³-hybridized carbons (Fsp3) is 0.571. The van der Waals surface area contributed by atoms with Gasteiger partial charge < -0.3 is 10.1 Å². The summed E-state index contributed by atoms with van der Waals surface area (Å²) in [6.07, 6.45) is 1.20. The third-order valence-corrected chi connectivity index (χ3v) is 4.41. The number of hydrogen-bond donors (Lipinski definition) is 1. The Hall–Kier alpha value is -0.510. The summed E-state index contributed by atoms with van der Waals surface area (Å²) in [5, 5.41) is 3.63. The highest BCUT2D eigenvalue weighted by Crippen LogP contribution is 2.35. The Morgan fingerprint density at radius 3 is 2.94 bits per heavy atom. The Kier molecular flexibility index (Phi) is 4.13. The molecule has 1 aliphatic rings. The summed E-state index contributed by atoms with van der Waals surface area (Å²) in [6, 6.07) is 9.17. The molecular weight excluding hydrogens is 230 g/mol. The molecule has 1 atom stereocenters. The van der Waals surface area contributed by atoms with Crippen LogP contribution >= 0.6 is 11.8 Å². The van der Waals surface area contributed by atoms with E-state index < -0.39 is 0 Å². The molecule has 0 spiro atoms. The maximum Gasteiger partial charge on any atom is 0.0746 e. The second-order valence-corrected chi connectivity index (χ2v) is 6.21. The predicted octanol–water partition coefficient (Wildman–Crippen LogP) is 3.24. The minimum Gasteiger partial charge on any atom is -0.377 e. The topological polar surface area (TPSA) is 21.3 Å². The molecule has 1 unspecified atom stereocenters. The van der Waals surface area contributed by atoms with E-state index in [1.165, 1.54) is 22.6 Å². The van der Waals surface area contributed by atoms with Gasteiger partial charge in [-0.25, -0.2) is 0 Å². The van der Waals surface area contributed by atoms with Gasteiger partial charge >= 0.3 is 0 Å². The minimum atomic E-state index is -0.0977. The van der Waals surface area contributed by atoms with Crippen LogP contribution in [0.4, 0.5) is 0 Å². The van der Waals surface area contributed by atoms with Gasteiger partial charge in [0, 0.05) is 24.6 Å². The van der Waals surface area contributed by atoms with Crippen molar-refractivity contribution in [2.45, 2.75) is 36.8 Å². The highest BCUT2D eigenvalue weighted by Gasteiger charge is 2.23. The number of thioether (sulfide) groups is 1. The maximum atomic E-state index is 5.45. The van der Waals surface area contributed by atoms with Crippen LogP contribution < -0.4 is 5.32 Å². The normalized spacial score (nSPS) is 20.1. The zero-order valence-electron chi connectivity index (χ0n) is 10.8. The first-order valence-electron chi connectivity index (χ1n) is 6.13. The molecule has 1 aromatic carbocycles. The van der Waals surface area contributed by atoms with Crippen LogP contribution in [0.15, 0.2) is 29.2 Å². The zero-order valence-corrected chi connectivity index (χ0v) is 11.6. The van der Waals surface area contributed by atoms with Crippen molar-refractivity contribution in [3.63, 3.8) is 0 Å². The van der Waals surface area contributed by atoms with Gasteiger partial charge in [0.15, 0.2) is 0 Å². The van der Waals surface area contributed by atoms with Gasteiger partial charge in [-0.3, -0.25) is 0 Å². The largest absolute Gasteiger partial charge is 0.377 e. The van der Waals surface area contributed by atoms with Crippen LogP contribution in [0.3, 0.4) is 0 Å². The van der Waals surface area contributed by atoms with Gasteiger partial charge in [0.1, 0.15) is 0 Å². The average Bonchev–Trinajstić information content (AvgIpc) is 2.36. The standard InChI is InChI=1S/C14H21NOS/c1-14(2,16-3)10-15-12-8-9-17-13-7-5-4-6-11(12)13/h4-7,12,15H,8-10H2,1-3H3. The summed E-state index contributed by atoms with van der Waals surface area (Å²) < 4.78 is 5.45. The molecule has 94 valence electrons. The van der Waals surface area contributed by atoms with Gasteiger partial charge in [0.05, 0.1) is 5.60 Å². The van der Waals surface area contributed by atoms with Crippen molar-refractivity contribution in [1.29, 1.82) is 0 Å². The van der Waals surface area contributed by atoms with Crippen molar-refractivity contribution in [2.24, 2.45) is 0 Å². The Balaban J connectivity index is 2.04. The summed E-state index contributed by atoms with van der Waals surface area (Å²) in [6.45, 7) is 5.11. The van der Waals surface area contributed by atoms with Gasteiger partial charge in [0.2, 0.25) is 0 Å². The molecule has 0 aromatic heterocycles. The van der Waals surface area contributed by atoms with E-state index in [0.29, 0.717) is 6.04 Å². The van der Waals surface area contributed by atoms with Crippen LogP contribution in [0, 0.1) is 0 Å². The maximum absolute atomic E-state index is 5.45. The number of hydrogen-bond acceptors (Lipinski definition) is 3. The van der Waals surface area contributed by atoms with Crippen molar-refractivity contribution in [3.05, 3.63) is 29.8 Å². The quantitative estimate of drug-likeness (QED) is 0.887. The molecule has 0 amide bonds. The molecule has 1 N–H and O–H groups in total. The smallest absolute Gasteiger partial charge is 0.0746 e. The number of benzene rings is 1. The SMILES string of the molecule is COC(C)(C)CNC1CCSc2ccccc21. The van der Waals surface area contributed by atoms with Gasteiger partial charge in [0.25, 0.3) is 0 Å². The molecule has 17 heavy (non-hydrogen) atoms. The van der Waals surface area contributed by atoms with Crippen LogP contribution in [-0.2, 0) is 4.74 Å². The third kappa shape index (κ3) is 3.24. The molecule has 1 aromatic rings. The first-order valence-corrected chi connectivity index (χ1v) is 7.11. The Morgan fingerprint density at radius 1 is 1.41 bits per heavy atom. The van der Waals surface area contributed by atoms with E-state index in [4.69, 9.17) is 4.74 Å². The zero-order chi connectivity index (χ0) is 12.3. The fourth-order valence-corrected chi connectivity index (χ4v) is 3.12. The lowest BCUT2D eigenvalue weighted by Crippen LogP contribution is -2.39. The van der Waals surface area contributed by atoms with Gasteiger partial charge in [-0.2, -0.15) is 0 Å². The second-order valence-electron chi connectivity index (χ2n) is 5.07. The predicted molar refractivity (Wildman–Crippen MR) is 73.6 cm³/mol. The molecule has 3 heteroatoms. The van der Waals surface area contributed by atoms with Crippen LogP contribution in [0.1, 0.15) is 31.9 Å². The fourth-order valence-electron chi connectivity index (χ4n) is 2.00. The number of nitrogens with one attached hydrogen (secondary N) is 1. The van der Waals surface area contributed by atoms with Crippen LogP contribution in [0.2, 0.25) is 0 Å². The second kappa shape index (κ2) is 5.42. The number of methoxy groups -OCH3 is 1. The first-order chi connectivity index (χ1) is 8.12. The summed E-state index contributed by atoms with van der Waals surface area (Å²) in [4.78, 5) is 1.42. The molecule has 1 aliphatic heterocycles. The Morgan fingerprint density at radius 2 is 2.18 bits per heavy atom. The average molecular weight is 251 g/mol. The highest BCUT2D eigenvalue weighted by molar-refractivity contribution is 7.99. The van der Waals surface area contributed by atoms with Crippen molar-refractivity contribution in [2.75, 3.05) is 19.4 Å². The van der Waals surface area contributed by atoms with E-state index >= 15 is 0 Å². The van der Waals surface area contributed by atoms with Crippen molar-refractivity contribution in [1.82, 2.24) is 5.32 Å². The lowest BCUT2D eigenvalue weighted by molar-refractivity contribution is 0.0208. The molecule has 0 saturated heterocycles. The number of rotatable bonds is 4. The van der Waals surface area contributed by atoms with E-state index in [9.17, 15) is 0 Å². The van der Waals surface area contributed by atoms with Crippen molar-refractivity contribution < 1.29 is 4.74 Å². The van der Waals surface area contributed by atoms with Crippen molar-refractivity contribution >= 4 is 11.8 Å². The van der Waals surface area contributed by atoms with Crippen LogP contribution in [0.25, 0.3) is 0 Å². The summed E-state index contributed by atoms with van der Waals surface area (Å²) in [7, 11) is 1.77. The molecule has 0 fully saturated rings. The summed E-state index contributed by atoms with van der Waals surface area (Å²) in [5.74, 6) is 1.20. The third-order valence-electron chi connectivity index (χ3n) is 3.29. The van der Waals surface area contributed by atoms with E-state index in [0.717, 1.165) is 6.54 Å². The summed E-state index contributed by atoms with van der Waals surface area (Å²) >= 11 is 1.96. The van der Waals surface area contributed by atoms with E-state index in [1.807, 2.05) is 11.8 Å². The minimum absolute atomic E-state index is 0.0977. The molecule has 0 aliphatic carbocycles. The van der Waals surface area contributed by atoms with Gasteiger partial charge in [-0.1, -0.05) is 18.2 Å². The molecule has 1 heterocycles. The molecule has 2 rings (SSSR count). The van der Waals surface area contributed by atoms with E-state index in [1.54, 1.807) is 7.11 Å². The Bertz CT molecular complexity index is 378. The van der Waals surface area contributed by atoms with E-state index in [-0.39, 0.29) is 5.60 Å². The van der Waals surface area contributed by atoms with Crippen LogP contribution in [-0.4, -0.2) is 25.0 Å². The van der Waals surface area contributed by atoms with Gasteiger partial charge in [-0.15, -0.1) is 11.8 Å². The molecule has 0 saturated carbocycles. The molecule has 0 bridgehead atoms. The highest BCUT2D eigenvalue weighted by atomic mass is 32.2. The van der Waals surface area contributed by atoms with E-state index in [2.05, 4.69) is 43.4 Å². The molecule has 0 radical (unpaired) electrons. The lowest BCUT2D eigenvalue weighted by Gasteiger charge is -2.30. The van der Waals surface area contributed by atoms with Crippen LogP contribution in [0.5, 0.6) is 0 Å². The van der Waals surface area contributed by atoms with Gasteiger partial charge in [-0.05, 0) is 37.7 Å². The number of fused-ring (bicyclic) bond motifs is 1. The monoisotopic (exact) mass is 251 g/mol. The molecular formula is C14H21NOS. The molecule has 2 nitrogen and oxygen atoms in total. The number of ether oxygens (including phenoxy) is 1. The summed E-state index contributed by atoms with van der Waals surface area (Å²) in [5.41, 5.74) is 1.34. The first kappa shape index (κ1) is 12.9. The van der Waals surface area contributed by atoms with Crippen molar-refractivity contribution in [3.8, 4) is 0 Å². The Labute approximate surface area is 108 Å².